The van der Waals surface area contributed by atoms with Crippen molar-refractivity contribution in [3.63, 3.8) is 0 Å². The molecule has 2 N–H and O–H groups in total. The summed E-state index contributed by atoms with van der Waals surface area (Å²) < 4.78 is 5.21. The minimum absolute atomic E-state index is 0.557. The van der Waals surface area contributed by atoms with Crippen LogP contribution < -0.4 is 5.46 Å². The quantitative estimate of drug-likeness (QED) is 0.636. The standard InChI is InChI=1S/C12H13BO3S/c1-9-12(6-7-16-9)17-8-10-4-2-3-5-11(10)13(14)15/h2-7,14-15H,8H2,1H3. The molecule has 0 fully saturated rings. The number of furan rings is 1. The van der Waals surface area contributed by atoms with Crippen molar-refractivity contribution in [1.82, 2.24) is 0 Å². The molecule has 0 unspecified atom stereocenters. The highest BCUT2D eigenvalue weighted by Gasteiger charge is 2.15. The Morgan fingerprint density at radius 1 is 1.24 bits per heavy atom. The Bertz CT molecular complexity index is 496. The lowest BCUT2D eigenvalue weighted by atomic mass is 9.77. The van der Waals surface area contributed by atoms with E-state index in [0.29, 0.717) is 11.2 Å². The number of rotatable bonds is 4. The molecule has 0 aliphatic heterocycles. The number of hydrogen-bond acceptors (Lipinski definition) is 4. The lowest BCUT2D eigenvalue weighted by molar-refractivity contribution is 0.425. The molecule has 0 saturated heterocycles. The minimum Gasteiger partial charge on any atom is -0.468 e. The fourth-order valence-corrected chi connectivity index (χ4v) is 2.57. The summed E-state index contributed by atoms with van der Waals surface area (Å²) in [5.41, 5.74) is 1.48. The Balaban J connectivity index is 2.11. The zero-order valence-electron chi connectivity index (χ0n) is 9.46. The van der Waals surface area contributed by atoms with Crippen LogP contribution in [0.5, 0.6) is 0 Å². The number of thioether (sulfide) groups is 1. The van der Waals surface area contributed by atoms with E-state index in [1.807, 2.05) is 25.1 Å². The second-order valence-corrected chi connectivity index (χ2v) is 4.72. The number of aryl methyl sites for hydroxylation is 1. The van der Waals surface area contributed by atoms with Crippen molar-refractivity contribution in [2.75, 3.05) is 0 Å². The molecule has 5 heteroatoms. The summed E-state index contributed by atoms with van der Waals surface area (Å²) in [5, 5.41) is 18.5. The third-order valence-corrected chi connectivity index (χ3v) is 3.72. The zero-order chi connectivity index (χ0) is 12.3. The van der Waals surface area contributed by atoms with Crippen LogP contribution in [-0.4, -0.2) is 17.2 Å². The highest BCUT2D eigenvalue weighted by molar-refractivity contribution is 7.98. The molecule has 88 valence electrons. The molecule has 0 amide bonds. The van der Waals surface area contributed by atoms with Crippen molar-refractivity contribution in [2.45, 2.75) is 17.6 Å². The summed E-state index contributed by atoms with van der Waals surface area (Å²) in [6.45, 7) is 1.91. The lowest BCUT2D eigenvalue weighted by Crippen LogP contribution is -2.32. The van der Waals surface area contributed by atoms with Gasteiger partial charge < -0.3 is 14.5 Å². The van der Waals surface area contributed by atoms with Gasteiger partial charge in [0.1, 0.15) is 5.76 Å². The van der Waals surface area contributed by atoms with Gasteiger partial charge in [-0.1, -0.05) is 24.3 Å². The molecule has 1 heterocycles. The fourth-order valence-electron chi connectivity index (χ4n) is 1.60. The minimum atomic E-state index is -1.42. The summed E-state index contributed by atoms with van der Waals surface area (Å²) in [6, 6.07) is 9.23. The van der Waals surface area contributed by atoms with Crippen LogP contribution in [-0.2, 0) is 5.75 Å². The van der Waals surface area contributed by atoms with Gasteiger partial charge >= 0.3 is 7.12 Å². The first-order valence-corrected chi connectivity index (χ1v) is 6.28. The predicted octanol–water partition coefficient (Wildman–Crippen LogP) is 1.56. The van der Waals surface area contributed by atoms with Gasteiger partial charge in [0.15, 0.2) is 0 Å². The van der Waals surface area contributed by atoms with E-state index in [0.717, 1.165) is 16.2 Å². The van der Waals surface area contributed by atoms with Crippen molar-refractivity contribution in [3.05, 3.63) is 47.9 Å². The summed E-state index contributed by atoms with van der Waals surface area (Å²) in [5.74, 6) is 1.57. The maximum Gasteiger partial charge on any atom is 0.488 e. The smallest absolute Gasteiger partial charge is 0.468 e. The first kappa shape index (κ1) is 12.3. The van der Waals surface area contributed by atoms with Gasteiger partial charge in [0.05, 0.1) is 6.26 Å². The van der Waals surface area contributed by atoms with Crippen LogP contribution in [0.1, 0.15) is 11.3 Å². The van der Waals surface area contributed by atoms with E-state index < -0.39 is 7.12 Å². The molecule has 1 aromatic heterocycles. The Kier molecular flexibility index (Phi) is 3.94. The second kappa shape index (κ2) is 5.45. The van der Waals surface area contributed by atoms with Crippen LogP contribution in [0, 0.1) is 6.92 Å². The lowest BCUT2D eigenvalue weighted by Gasteiger charge is -2.07. The average molecular weight is 248 g/mol. The van der Waals surface area contributed by atoms with Gasteiger partial charge in [-0.25, -0.2) is 0 Å². The molecular formula is C12H13BO3S. The largest absolute Gasteiger partial charge is 0.488 e. The van der Waals surface area contributed by atoms with E-state index in [-0.39, 0.29) is 0 Å². The first-order chi connectivity index (χ1) is 8.18. The second-order valence-electron chi connectivity index (χ2n) is 3.70. The molecule has 0 aliphatic carbocycles. The monoisotopic (exact) mass is 248 g/mol. The van der Waals surface area contributed by atoms with Crippen LogP contribution in [0.25, 0.3) is 0 Å². The van der Waals surface area contributed by atoms with Gasteiger partial charge in [0, 0.05) is 10.6 Å². The molecular weight excluding hydrogens is 235 g/mol. The summed E-state index contributed by atoms with van der Waals surface area (Å²) >= 11 is 1.62. The summed E-state index contributed by atoms with van der Waals surface area (Å²) in [4.78, 5) is 1.08. The molecule has 2 aromatic rings. The molecule has 1 aromatic carbocycles. The Labute approximate surface area is 105 Å². The van der Waals surface area contributed by atoms with Crippen LogP contribution in [0.3, 0.4) is 0 Å². The van der Waals surface area contributed by atoms with Crippen LogP contribution >= 0.6 is 11.8 Å². The van der Waals surface area contributed by atoms with E-state index >= 15 is 0 Å². The van der Waals surface area contributed by atoms with Gasteiger partial charge in [0.2, 0.25) is 0 Å². The van der Waals surface area contributed by atoms with Gasteiger partial charge in [-0.3, -0.25) is 0 Å². The summed E-state index contributed by atoms with van der Waals surface area (Å²) in [6.07, 6.45) is 1.66. The summed E-state index contributed by atoms with van der Waals surface area (Å²) in [7, 11) is -1.42. The Morgan fingerprint density at radius 3 is 2.65 bits per heavy atom. The SMILES string of the molecule is Cc1occc1SCc1ccccc1B(O)O. The highest BCUT2D eigenvalue weighted by Crippen LogP contribution is 2.26. The Morgan fingerprint density at radius 2 is 2.00 bits per heavy atom. The zero-order valence-corrected chi connectivity index (χ0v) is 10.3. The molecule has 0 radical (unpaired) electrons. The third kappa shape index (κ3) is 2.94. The first-order valence-electron chi connectivity index (χ1n) is 5.29. The van der Waals surface area contributed by atoms with E-state index in [4.69, 9.17) is 4.42 Å². The maximum absolute atomic E-state index is 9.24. The van der Waals surface area contributed by atoms with Crippen LogP contribution in [0.15, 0.2) is 45.9 Å². The predicted molar refractivity (Wildman–Crippen MR) is 69.3 cm³/mol. The van der Waals surface area contributed by atoms with Gasteiger partial charge in [-0.05, 0) is 24.0 Å². The maximum atomic E-state index is 9.24. The van der Waals surface area contributed by atoms with E-state index in [1.165, 1.54) is 0 Å². The van der Waals surface area contributed by atoms with Crippen molar-refractivity contribution >= 4 is 24.3 Å². The molecule has 0 atom stereocenters. The third-order valence-electron chi connectivity index (χ3n) is 2.53. The number of hydrogen-bond donors (Lipinski definition) is 2. The fraction of sp³-hybridized carbons (Fsp3) is 0.167. The van der Waals surface area contributed by atoms with E-state index in [9.17, 15) is 10.0 Å². The van der Waals surface area contributed by atoms with Gasteiger partial charge in [-0.15, -0.1) is 11.8 Å². The number of benzene rings is 1. The van der Waals surface area contributed by atoms with E-state index in [2.05, 4.69) is 0 Å². The molecule has 0 saturated carbocycles. The van der Waals surface area contributed by atoms with Crippen molar-refractivity contribution in [1.29, 1.82) is 0 Å². The van der Waals surface area contributed by atoms with Gasteiger partial charge in [-0.2, -0.15) is 0 Å². The molecule has 0 spiro atoms. The van der Waals surface area contributed by atoms with Crippen molar-refractivity contribution < 1.29 is 14.5 Å². The van der Waals surface area contributed by atoms with Crippen molar-refractivity contribution in [3.8, 4) is 0 Å². The molecule has 17 heavy (non-hydrogen) atoms. The Hall–Kier alpha value is -1.17. The van der Waals surface area contributed by atoms with Crippen LogP contribution in [0.2, 0.25) is 0 Å². The molecule has 2 rings (SSSR count). The van der Waals surface area contributed by atoms with Crippen molar-refractivity contribution in [2.24, 2.45) is 0 Å². The molecule has 3 nitrogen and oxygen atoms in total. The van der Waals surface area contributed by atoms with E-state index in [1.54, 1.807) is 30.2 Å². The molecule has 0 bridgehead atoms. The topological polar surface area (TPSA) is 53.6 Å². The highest BCUT2D eigenvalue weighted by atomic mass is 32.2. The molecule has 0 aliphatic rings. The normalized spacial score (nSPS) is 10.5. The van der Waals surface area contributed by atoms with Crippen LogP contribution in [0.4, 0.5) is 0 Å². The van der Waals surface area contributed by atoms with Gasteiger partial charge in [0.25, 0.3) is 0 Å². The average Bonchev–Trinajstić information content (AvgIpc) is 2.72.